The first-order valence-corrected chi connectivity index (χ1v) is 9.32. The molecule has 1 aliphatic heterocycles. The Labute approximate surface area is 153 Å². The first-order chi connectivity index (χ1) is 12.5. The Morgan fingerprint density at radius 3 is 2.46 bits per heavy atom. The minimum atomic E-state index is -0.911. The fourth-order valence-corrected chi connectivity index (χ4v) is 3.69. The zero-order valence-corrected chi connectivity index (χ0v) is 15.4. The summed E-state index contributed by atoms with van der Waals surface area (Å²) in [5, 5.41) is 2.84. The van der Waals surface area contributed by atoms with Gasteiger partial charge in [-0.3, -0.25) is 9.59 Å². The molecule has 1 saturated heterocycles. The molecule has 0 aromatic heterocycles. The minimum Gasteiger partial charge on any atom is -0.465 e. The Morgan fingerprint density at radius 2 is 1.88 bits per heavy atom. The van der Waals surface area contributed by atoms with Crippen LogP contribution >= 0.6 is 0 Å². The number of piperidine rings is 1. The fourth-order valence-electron chi connectivity index (χ4n) is 3.69. The van der Waals surface area contributed by atoms with Gasteiger partial charge in [0, 0.05) is 18.3 Å². The summed E-state index contributed by atoms with van der Waals surface area (Å²) in [6.45, 7) is 2.85. The number of ether oxygens (including phenoxy) is 1. The molecule has 1 unspecified atom stereocenters. The van der Waals surface area contributed by atoms with Gasteiger partial charge in [-0.05, 0) is 62.8 Å². The highest BCUT2D eigenvalue weighted by Crippen LogP contribution is 2.49. The van der Waals surface area contributed by atoms with Crippen LogP contribution in [0.15, 0.2) is 24.3 Å². The summed E-state index contributed by atoms with van der Waals surface area (Å²) in [5.74, 6) is -0.686. The summed E-state index contributed by atoms with van der Waals surface area (Å²) in [6.07, 6.45) is 5.31. The Kier molecular flexibility index (Phi) is 5.30. The monoisotopic (exact) mass is 358 g/mol. The number of esters is 1. The van der Waals surface area contributed by atoms with E-state index in [1.807, 2.05) is 4.90 Å². The molecule has 2 amide bonds. The van der Waals surface area contributed by atoms with Crippen molar-refractivity contribution in [3.8, 4) is 0 Å². The molecule has 1 saturated carbocycles. The van der Waals surface area contributed by atoms with Crippen LogP contribution in [0.3, 0.4) is 0 Å². The van der Waals surface area contributed by atoms with Crippen LogP contribution in [0.1, 0.15) is 55.8 Å². The van der Waals surface area contributed by atoms with E-state index in [2.05, 4.69) is 17.0 Å². The van der Waals surface area contributed by atoms with E-state index >= 15 is 0 Å². The Hall–Kier alpha value is -2.37. The number of rotatable bonds is 5. The molecule has 6 nitrogen and oxygen atoms in total. The lowest BCUT2D eigenvalue weighted by atomic mass is 9.95. The molecule has 26 heavy (non-hydrogen) atoms. The van der Waals surface area contributed by atoms with Crippen molar-refractivity contribution in [2.75, 3.05) is 19.0 Å². The van der Waals surface area contributed by atoms with Gasteiger partial charge in [0.05, 0.1) is 12.7 Å². The van der Waals surface area contributed by atoms with Gasteiger partial charge in [-0.2, -0.15) is 0 Å². The molecule has 3 rings (SSSR count). The van der Waals surface area contributed by atoms with Crippen LogP contribution in [0.5, 0.6) is 0 Å². The average molecular weight is 358 g/mol. The number of carbonyl (C=O) groups is 3. The van der Waals surface area contributed by atoms with Crippen LogP contribution in [0.4, 0.5) is 5.69 Å². The second-order valence-electron chi connectivity index (χ2n) is 7.16. The molecule has 2 fully saturated rings. The zero-order valence-electron chi connectivity index (χ0n) is 15.4. The topological polar surface area (TPSA) is 75.7 Å². The van der Waals surface area contributed by atoms with E-state index in [1.54, 1.807) is 24.3 Å². The van der Waals surface area contributed by atoms with E-state index in [-0.39, 0.29) is 17.9 Å². The number of anilines is 1. The number of nitrogens with zero attached hydrogens (tertiary/aromatic N) is 1. The van der Waals surface area contributed by atoms with E-state index in [1.165, 1.54) is 7.11 Å². The normalized spacial score (nSPS) is 21.0. The van der Waals surface area contributed by atoms with Crippen molar-refractivity contribution in [1.29, 1.82) is 0 Å². The lowest BCUT2D eigenvalue weighted by Gasteiger charge is -2.37. The van der Waals surface area contributed by atoms with E-state index in [9.17, 15) is 14.4 Å². The van der Waals surface area contributed by atoms with Gasteiger partial charge in [0.15, 0.2) is 0 Å². The quantitative estimate of drug-likeness (QED) is 0.648. The third-order valence-corrected chi connectivity index (χ3v) is 5.52. The highest BCUT2D eigenvalue weighted by molar-refractivity contribution is 6.13. The molecule has 1 aromatic carbocycles. The van der Waals surface area contributed by atoms with Crippen molar-refractivity contribution >= 4 is 23.5 Å². The van der Waals surface area contributed by atoms with Crippen LogP contribution < -0.4 is 5.32 Å². The van der Waals surface area contributed by atoms with Gasteiger partial charge in [-0.1, -0.05) is 6.92 Å². The van der Waals surface area contributed by atoms with E-state index in [0.717, 1.165) is 32.2 Å². The van der Waals surface area contributed by atoms with E-state index < -0.39 is 11.4 Å². The lowest BCUT2D eigenvalue weighted by Crippen LogP contribution is -2.49. The van der Waals surface area contributed by atoms with Gasteiger partial charge in [-0.25, -0.2) is 4.79 Å². The molecule has 140 valence electrons. The third-order valence-electron chi connectivity index (χ3n) is 5.52. The summed E-state index contributed by atoms with van der Waals surface area (Å²) in [6, 6.07) is 6.75. The Balaban J connectivity index is 1.68. The molecule has 1 heterocycles. The van der Waals surface area contributed by atoms with Crippen molar-refractivity contribution < 1.29 is 19.1 Å². The first kappa shape index (κ1) is 18.4. The maximum atomic E-state index is 13.1. The molecule has 1 aromatic rings. The fraction of sp³-hybridized carbons (Fsp3) is 0.550. The van der Waals surface area contributed by atoms with E-state index in [0.29, 0.717) is 24.1 Å². The molecule has 0 bridgehead atoms. The average Bonchev–Trinajstić information content (AvgIpc) is 3.49. The molecule has 1 N–H and O–H groups in total. The second kappa shape index (κ2) is 7.48. The number of hydrogen-bond donors (Lipinski definition) is 1. The van der Waals surface area contributed by atoms with Crippen LogP contribution in [-0.4, -0.2) is 42.4 Å². The SMILES string of the molecule is CCC1CCCCN1C(=O)C1(C(=O)Nc2ccc(C(=O)OC)cc2)CC1. The number of amides is 2. The predicted octanol–water partition coefficient (Wildman–Crippen LogP) is 2.98. The molecular weight excluding hydrogens is 332 g/mol. The molecule has 1 aliphatic carbocycles. The van der Waals surface area contributed by atoms with Gasteiger partial charge in [0.2, 0.25) is 11.8 Å². The van der Waals surface area contributed by atoms with Gasteiger partial charge in [0.25, 0.3) is 0 Å². The highest BCUT2D eigenvalue weighted by atomic mass is 16.5. The summed E-state index contributed by atoms with van der Waals surface area (Å²) >= 11 is 0. The smallest absolute Gasteiger partial charge is 0.337 e. The van der Waals surface area contributed by atoms with Gasteiger partial charge in [-0.15, -0.1) is 0 Å². The number of likely N-dealkylation sites (tertiary alicyclic amines) is 1. The zero-order chi connectivity index (χ0) is 18.7. The molecule has 0 radical (unpaired) electrons. The van der Waals surface area contributed by atoms with Gasteiger partial charge in [0.1, 0.15) is 5.41 Å². The number of carbonyl (C=O) groups excluding carboxylic acids is 3. The summed E-state index contributed by atoms with van der Waals surface area (Å²) in [4.78, 5) is 39.3. The lowest BCUT2D eigenvalue weighted by molar-refractivity contribution is -0.145. The molecule has 2 aliphatic rings. The van der Waals surface area contributed by atoms with Crippen LogP contribution in [0, 0.1) is 5.41 Å². The number of hydrogen-bond acceptors (Lipinski definition) is 4. The largest absolute Gasteiger partial charge is 0.465 e. The van der Waals surface area contributed by atoms with E-state index in [4.69, 9.17) is 0 Å². The summed E-state index contributed by atoms with van der Waals surface area (Å²) < 4.78 is 4.66. The van der Waals surface area contributed by atoms with Gasteiger partial charge < -0.3 is 15.0 Å². The number of methoxy groups -OCH3 is 1. The van der Waals surface area contributed by atoms with Crippen molar-refractivity contribution in [3.63, 3.8) is 0 Å². The van der Waals surface area contributed by atoms with Crippen molar-refractivity contribution in [2.24, 2.45) is 5.41 Å². The maximum absolute atomic E-state index is 13.1. The van der Waals surface area contributed by atoms with Crippen molar-refractivity contribution in [1.82, 2.24) is 4.90 Å². The molecule has 6 heteroatoms. The minimum absolute atomic E-state index is 0.0206. The second-order valence-corrected chi connectivity index (χ2v) is 7.16. The van der Waals surface area contributed by atoms with Gasteiger partial charge >= 0.3 is 5.97 Å². The predicted molar refractivity (Wildman–Crippen MR) is 97.7 cm³/mol. The highest BCUT2D eigenvalue weighted by Gasteiger charge is 2.58. The summed E-state index contributed by atoms with van der Waals surface area (Å²) in [5.41, 5.74) is 0.0837. The third kappa shape index (κ3) is 3.45. The first-order valence-electron chi connectivity index (χ1n) is 9.32. The van der Waals surface area contributed by atoms with Crippen molar-refractivity contribution in [2.45, 2.75) is 51.5 Å². The van der Waals surface area contributed by atoms with Crippen LogP contribution in [-0.2, 0) is 14.3 Å². The number of benzene rings is 1. The van der Waals surface area contributed by atoms with Crippen LogP contribution in [0.25, 0.3) is 0 Å². The van der Waals surface area contributed by atoms with Crippen molar-refractivity contribution in [3.05, 3.63) is 29.8 Å². The molecule has 1 atom stereocenters. The number of nitrogens with one attached hydrogen (secondary N) is 1. The Morgan fingerprint density at radius 1 is 1.19 bits per heavy atom. The molecular formula is C20H26N2O4. The van der Waals surface area contributed by atoms with Crippen LogP contribution in [0.2, 0.25) is 0 Å². The molecule has 0 spiro atoms. The summed E-state index contributed by atoms with van der Waals surface area (Å²) in [7, 11) is 1.32. The Bertz CT molecular complexity index is 694. The maximum Gasteiger partial charge on any atom is 0.337 e. The standard InChI is InChI=1S/C20H26N2O4/c1-3-16-6-4-5-13-22(16)19(25)20(11-12-20)18(24)21-15-9-7-14(8-10-15)17(23)26-2/h7-10,16H,3-6,11-13H2,1-2H3,(H,21,24).